The Morgan fingerprint density at radius 1 is 0.612 bits per heavy atom. The van der Waals surface area contributed by atoms with Crippen molar-refractivity contribution in [3.8, 4) is 0 Å². The minimum Gasteiger partial charge on any atom is -0.450 e. The Labute approximate surface area is 307 Å². The van der Waals surface area contributed by atoms with Gasteiger partial charge in [0, 0.05) is 13.7 Å². The van der Waals surface area contributed by atoms with E-state index in [2.05, 4.69) is 50.7 Å². The zero-order chi connectivity index (χ0) is 36.6. The highest BCUT2D eigenvalue weighted by molar-refractivity contribution is 6.81. The van der Waals surface area contributed by atoms with Gasteiger partial charge in [0.05, 0.1) is 6.61 Å². The molecule has 0 heterocycles. The van der Waals surface area contributed by atoms with Gasteiger partial charge in [-0.25, -0.2) is 4.79 Å². The fourth-order valence-electron chi connectivity index (χ4n) is 6.48. The highest BCUT2D eigenvalue weighted by Crippen LogP contribution is 2.23. The normalized spacial score (nSPS) is 14.3. The number of alkyl carbamates (subject to hydrolysis) is 1. The van der Waals surface area contributed by atoms with Crippen LogP contribution >= 0.6 is 0 Å². The number of hydrogen-bond donors (Lipinski definition) is 2. The van der Waals surface area contributed by atoms with Crippen molar-refractivity contribution in [2.75, 3.05) is 20.3 Å². The highest BCUT2D eigenvalue weighted by Gasteiger charge is 2.35. The van der Waals surface area contributed by atoms with E-state index in [1.54, 1.807) is 0 Å². The number of amides is 2. The fourth-order valence-corrected chi connectivity index (χ4v) is 13.5. The van der Waals surface area contributed by atoms with Crippen LogP contribution < -0.4 is 10.6 Å². The Bertz CT molecular complexity index is 782. The van der Waals surface area contributed by atoms with E-state index in [9.17, 15) is 9.59 Å². The van der Waals surface area contributed by atoms with Gasteiger partial charge in [0.15, 0.2) is 8.32 Å². The number of hydrogen-bond acceptors (Lipinski definition) is 5. The van der Waals surface area contributed by atoms with Gasteiger partial charge in [-0.15, -0.1) is 0 Å². The molecule has 3 unspecified atom stereocenters. The van der Waals surface area contributed by atoms with Gasteiger partial charge in [0.1, 0.15) is 6.04 Å². The molecule has 0 aromatic carbocycles. The van der Waals surface area contributed by atoms with Crippen molar-refractivity contribution in [3.05, 3.63) is 0 Å². The number of ether oxygens (including phenoxy) is 1. The molecule has 292 valence electrons. The quantitative estimate of drug-likeness (QED) is 0.0501. The van der Waals surface area contributed by atoms with Gasteiger partial charge in [0.25, 0.3) is 0 Å². The fraction of sp³-hybridized carbons (Fsp3) is 0.950. The molecule has 2 N–H and O–H groups in total. The predicted octanol–water partition coefficient (Wildman–Crippen LogP) is 12.2. The monoisotopic (exact) mass is 729 g/mol. The third kappa shape index (κ3) is 30.4. The van der Waals surface area contributed by atoms with Crippen molar-refractivity contribution in [2.24, 2.45) is 5.92 Å². The maximum atomic E-state index is 12.9. The molecule has 0 saturated carbocycles. The third-order valence-corrected chi connectivity index (χ3v) is 16.1. The first-order valence-electron chi connectivity index (χ1n) is 20.9. The molecule has 7 nitrogen and oxygen atoms in total. The zero-order valence-electron chi connectivity index (χ0n) is 34.0. The van der Waals surface area contributed by atoms with Crippen molar-refractivity contribution in [2.45, 2.75) is 220 Å². The van der Waals surface area contributed by atoms with E-state index in [0.29, 0.717) is 13.2 Å². The molecule has 49 heavy (non-hydrogen) atoms. The van der Waals surface area contributed by atoms with Gasteiger partial charge in [-0.2, -0.15) is 0 Å². The van der Waals surface area contributed by atoms with E-state index < -0.39 is 29.0 Å². The minimum atomic E-state index is -2.01. The Hall–Kier alpha value is -0.906. The molecule has 0 aliphatic rings. The van der Waals surface area contributed by atoms with Crippen molar-refractivity contribution in [1.82, 2.24) is 10.6 Å². The van der Waals surface area contributed by atoms with Crippen molar-refractivity contribution in [3.63, 3.8) is 0 Å². The van der Waals surface area contributed by atoms with Gasteiger partial charge in [-0.1, -0.05) is 168 Å². The number of nitrogens with one attached hydrogen (secondary N) is 2. The molecule has 0 spiro atoms. The summed E-state index contributed by atoms with van der Waals surface area (Å²) in [6, 6.07) is 0.525. The van der Waals surface area contributed by atoms with Crippen LogP contribution in [0.15, 0.2) is 0 Å². The largest absolute Gasteiger partial charge is 0.450 e. The smallest absolute Gasteiger partial charge is 0.407 e. The van der Waals surface area contributed by atoms with Gasteiger partial charge >= 0.3 is 14.7 Å². The lowest BCUT2D eigenvalue weighted by molar-refractivity contribution is -0.124. The summed E-state index contributed by atoms with van der Waals surface area (Å²) in [6.45, 7) is 16.3. The van der Waals surface area contributed by atoms with Gasteiger partial charge < -0.3 is 23.9 Å². The Morgan fingerprint density at radius 3 is 1.47 bits per heavy atom. The molecule has 0 aromatic heterocycles. The number of rotatable bonds is 35. The summed E-state index contributed by atoms with van der Waals surface area (Å²) in [7, 11) is -1.78. The molecule has 0 aliphatic heterocycles. The van der Waals surface area contributed by atoms with Crippen LogP contribution in [0.1, 0.15) is 181 Å². The van der Waals surface area contributed by atoms with Gasteiger partial charge in [-0.05, 0) is 51.0 Å². The third-order valence-electron chi connectivity index (χ3n) is 9.81. The first-order chi connectivity index (χ1) is 23.5. The van der Waals surface area contributed by atoms with Crippen LogP contribution in [0.5, 0.6) is 0 Å². The van der Waals surface area contributed by atoms with Crippen molar-refractivity contribution in [1.29, 1.82) is 0 Å². The van der Waals surface area contributed by atoms with Crippen LogP contribution in [-0.4, -0.2) is 55.2 Å². The molecule has 9 heteroatoms. The second-order valence-corrected chi connectivity index (χ2v) is 24.1. The molecular weight excluding hydrogens is 645 g/mol. The van der Waals surface area contributed by atoms with E-state index in [4.69, 9.17) is 13.3 Å². The van der Waals surface area contributed by atoms with E-state index in [1.165, 1.54) is 122 Å². The van der Waals surface area contributed by atoms with Crippen molar-refractivity contribution < 1.29 is 22.9 Å². The molecule has 0 saturated heterocycles. The first-order valence-corrected chi connectivity index (χ1v) is 26.9. The second kappa shape index (κ2) is 31.8. The summed E-state index contributed by atoms with van der Waals surface area (Å²) in [5, 5.41) is 5.91. The summed E-state index contributed by atoms with van der Waals surface area (Å²) < 4.78 is 17.6. The standard InChI is InChI=1S/C40H84N2O5Si2/c1-9-11-12-13-14-15-16-17-18-19-20-21-22-25-28-31-34-41-39(43)38(37(3)10-2)42-40(44)46-35-32-29-26-23-24-27-30-33-36-49(8,45-4)47-48(5,6)7/h37-38H,9-36H2,1-8H3,(H,41,43)(H,42,44). The number of carbonyl (C=O) groups excluding carboxylic acids is 2. The average molecular weight is 729 g/mol. The van der Waals surface area contributed by atoms with E-state index in [1.807, 2.05) is 14.0 Å². The van der Waals surface area contributed by atoms with E-state index >= 15 is 0 Å². The summed E-state index contributed by atoms with van der Waals surface area (Å²) in [5.74, 6) is -0.0400. The lowest BCUT2D eigenvalue weighted by Crippen LogP contribution is -2.50. The predicted molar refractivity (Wildman–Crippen MR) is 215 cm³/mol. The van der Waals surface area contributed by atoms with Crippen LogP contribution in [0.3, 0.4) is 0 Å². The molecular formula is C40H84N2O5Si2. The first kappa shape index (κ1) is 48.1. The molecule has 2 amide bonds. The lowest BCUT2D eigenvalue weighted by atomic mass is 9.98. The SMILES string of the molecule is CCCCCCCCCCCCCCCCCCNC(=O)C(NC(=O)OCCCCCCCCCC[Si](C)(OC)O[Si](C)(C)C)C(C)CC. The number of unbranched alkanes of at least 4 members (excludes halogenated alkanes) is 22. The van der Waals surface area contributed by atoms with E-state index in [0.717, 1.165) is 44.6 Å². The highest BCUT2D eigenvalue weighted by atomic mass is 28.4. The molecule has 0 radical (unpaired) electrons. The Kier molecular flexibility index (Phi) is 31.2. The minimum absolute atomic E-state index is 0.0526. The second-order valence-electron chi connectivity index (χ2n) is 15.9. The van der Waals surface area contributed by atoms with Crippen LogP contribution in [0.2, 0.25) is 32.2 Å². The molecule has 0 aromatic rings. The molecule has 0 fully saturated rings. The maximum absolute atomic E-state index is 12.9. The lowest BCUT2D eigenvalue weighted by Gasteiger charge is -2.32. The Morgan fingerprint density at radius 2 is 1.04 bits per heavy atom. The maximum Gasteiger partial charge on any atom is 0.407 e. The Balaban J connectivity index is 3.86. The molecule has 0 aliphatic carbocycles. The van der Waals surface area contributed by atoms with Crippen LogP contribution in [0.25, 0.3) is 0 Å². The van der Waals surface area contributed by atoms with Gasteiger partial charge in [-0.3, -0.25) is 4.79 Å². The van der Waals surface area contributed by atoms with Crippen LogP contribution in [-0.2, 0) is 18.1 Å². The molecule has 3 atom stereocenters. The summed E-state index contributed by atoms with van der Waals surface area (Å²) in [4.78, 5) is 25.4. The van der Waals surface area contributed by atoms with Crippen molar-refractivity contribution >= 4 is 28.9 Å². The average Bonchev–Trinajstić information content (AvgIpc) is 3.06. The summed E-state index contributed by atoms with van der Waals surface area (Å²) in [6.07, 6.45) is 30.9. The topological polar surface area (TPSA) is 85.9 Å². The molecule has 0 rings (SSSR count). The molecule has 0 bridgehead atoms. The van der Waals surface area contributed by atoms with Crippen LogP contribution in [0.4, 0.5) is 4.79 Å². The van der Waals surface area contributed by atoms with E-state index in [-0.39, 0.29) is 11.8 Å². The van der Waals surface area contributed by atoms with Gasteiger partial charge in [0.2, 0.25) is 5.91 Å². The summed E-state index contributed by atoms with van der Waals surface area (Å²) >= 11 is 0. The summed E-state index contributed by atoms with van der Waals surface area (Å²) in [5.41, 5.74) is 0. The zero-order valence-corrected chi connectivity index (χ0v) is 36.0. The number of carbonyl (C=O) groups is 2. The van der Waals surface area contributed by atoms with Crippen LogP contribution in [0, 0.1) is 5.92 Å².